The van der Waals surface area contributed by atoms with Crippen LogP contribution in [-0.4, -0.2) is 49.9 Å². The number of aliphatic hydroxyl groups is 1. The Kier molecular flexibility index (Phi) is 5.02. The number of rotatable bonds is 4. The molecule has 2 N–H and O–H groups in total. The maximum absolute atomic E-state index is 12.1. The first-order valence-corrected chi connectivity index (χ1v) is 7.73. The van der Waals surface area contributed by atoms with Gasteiger partial charge < -0.3 is 10.4 Å². The lowest BCUT2D eigenvalue weighted by atomic mass is 9.95. The maximum atomic E-state index is 12.1. The Morgan fingerprint density at radius 2 is 2.00 bits per heavy atom. The van der Waals surface area contributed by atoms with Crippen molar-refractivity contribution in [3.05, 3.63) is 0 Å². The zero-order valence-corrected chi connectivity index (χ0v) is 10.9. The molecule has 0 aromatic rings. The van der Waals surface area contributed by atoms with E-state index in [0.29, 0.717) is 25.7 Å². The third kappa shape index (κ3) is 4.74. The molecule has 0 aliphatic heterocycles. The summed E-state index contributed by atoms with van der Waals surface area (Å²) in [5.74, 6) is 0. The molecule has 0 aromatic heterocycles. The van der Waals surface area contributed by atoms with Crippen LogP contribution in [0.4, 0.5) is 13.2 Å². The van der Waals surface area contributed by atoms with Crippen LogP contribution in [0.25, 0.3) is 0 Å². The molecule has 18 heavy (non-hydrogen) atoms. The van der Waals surface area contributed by atoms with E-state index in [1.807, 2.05) is 0 Å². The van der Waals surface area contributed by atoms with Crippen molar-refractivity contribution in [2.75, 3.05) is 12.8 Å². The van der Waals surface area contributed by atoms with Crippen LogP contribution >= 0.6 is 0 Å². The van der Waals surface area contributed by atoms with Gasteiger partial charge in [-0.1, -0.05) is 6.42 Å². The number of alkyl halides is 3. The van der Waals surface area contributed by atoms with Crippen LogP contribution < -0.4 is 5.32 Å². The van der Waals surface area contributed by atoms with Crippen molar-refractivity contribution in [1.29, 1.82) is 0 Å². The Morgan fingerprint density at radius 1 is 1.39 bits per heavy atom. The minimum Gasteiger partial charge on any atom is -0.382 e. The Labute approximate surface area is 104 Å². The lowest BCUT2D eigenvalue weighted by Gasteiger charge is -2.29. The summed E-state index contributed by atoms with van der Waals surface area (Å²) in [7, 11) is -3.15. The average Bonchev–Trinajstić information content (AvgIpc) is 2.23. The van der Waals surface area contributed by atoms with Gasteiger partial charge in [0.15, 0.2) is 6.10 Å². The standard InChI is InChI=1S/C10H18F3NO3S/c1-18(16,17)8-4-2-3-7(5-8)14-6-9(15)10(11,12)13/h7-9,14-15H,2-6H2,1H3. The molecule has 0 heterocycles. The molecule has 0 spiro atoms. The minimum atomic E-state index is -4.64. The van der Waals surface area contributed by atoms with Gasteiger partial charge in [-0.3, -0.25) is 0 Å². The van der Waals surface area contributed by atoms with Crippen molar-refractivity contribution in [2.45, 2.75) is 49.3 Å². The fraction of sp³-hybridized carbons (Fsp3) is 1.00. The molecule has 1 saturated carbocycles. The number of hydrogen-bond donors (Lipinski definition) is 2. The smallest absolute Gasteiger partial charge is 0.382 e. The highest BCUT2D eigenvalue weighted by atomic mass is 32.2. The van der Waals surface area contributed by atoms with Crippen LogP contribution in [0.3, 0.4) is 0 Å². The lowest BCUT2D eigenvalue weighted by molar-refractivity contribution is -0.202. The molecule has 3 unspecified atom stereocenters. The molecule has 1 aliphatic carbocycles. The van der Waals surface area contributed by atoms with E-state index in [4.69, 9.17) is 5.11 Å². The molecule has 108 valence electrons. The van der Waals surface area contributed by atoms with Gasteiger partial charge in [0, 0.05) is 18.8 Å². The summed E-state index contributed by atoms with van der Waals surface area (Å²) >= 11 is 0. The largest absolute Gasteiger partial charge is 0.415 e. The number of aliphatic hydroxyl groups excluding tert-OH is 1. The van der Waals surface area contributed by atoms with Gasteiger partial charge >= 0.3 is 6.18 Å². The van der Waals surface area contributed by atoms with Gasteiger partial charge in [-0.25, -0.2) is 8.42 Å². The maximum Gasteiger partial charge on any atom is 0.415 e. The molecule has 8 heteroatoms. The quantitative estimate of drug-likeness (QED) is 0.805. The second kappa shape index (κ2) is 5.75. The summed E-state index contributed by atoms with van der Waals surface area (Å²) < 4.78 is 59.0. The zero-order chi connectivity index (χ0) is 14.0. The van der Waals surface area contributed by atoms with Crippen molar-refractivity contribution in [3.63, 3.8) is 0 Å². The normalized spacial score (nSPS) is 28.1. The molecule has 4 nitrogen and oxygen atoms in total. The monoisotopic (exact) mass is 289 g/mol. The number of hydrogen-bond acceptors (Lipinski definition) is 4. The highest BCUT2D eigenvalue weighted by Crippen LogP contribution is 2.25. The summed E-state index contributed by atoms with van der Waals surface area (Å²) in [6.07, 6.45) is -3.74. The predicted octanol–water partition coefficient (Wildman–Crippen LogP) is 0.855. The highest BCUT2D eigenvalue weighted by Gasteiger charge is 2.38. The van der Waals surface area contributed by atoms with Crippen LogP contribution in [0, 0.1) is 0 Å². The van der Waals surface area contributed by atoms with E-state index in [-0.39, 0.29) is 6.04 Å². The van der Waals surface area contributed by atoms with Crippen LogP contribution in [0.5, 0.6) is 0 Å². The van der Waals surface area contributed by atoms with E-state index in [1.54, 1.807) is 0 Å². The second-order valence-corrected chi connectivity index (χ2v) is 7.11. The van der Waals surface area contributed by atoms with E-state index in [2.05, 4.69) is 5.32 Å². The SMILES string of the molecule is CS(=O)(=O)C1CCCC(NCC(O)C(F)(F)F)C1. The highest BCUT2D eigenvalue weighted by molar-refractivity contribution is 7.91. The molecule has 1 aliphatic rings. The molecule has 0 aromatic carbocycles. The summed E-state index contributed by atoms with van der Waals surface area (Å²) in [5.41, 5.74) is 0. The third-order valence-corrected chi connectivity index (χ3v) is 4.85. The van der Waals surface area contributed by atoms with E-state index in [1.165, 1.54) is 0 Å². The van der Waals surface area contributed by atoms with Crippen LogP contribution in [0.2, 0.25) is 0 Å². The van der Waals surface area contributed by atoms with Gasteiger partial charge in [-0.05, 0) is 19.3 Å². The first-order valence-electron chi connectivity index (χ1n) is 5.77. The molecule has 0 amide bonds. The molecule has 0 bridgehead atoms. The van der Waals surface area contributed by atoms with Gasteiger partial charge in [-0.15, -0.1) is 0 Å². The Balaban J connectivity index is 2.44. The van der Waals surface area contributed by atoms with E-state index >= 15 is 0 Å². The molecule has 1 fully saturated rings. The Morgan fingerprint density at radius 3 is 2.50 bits per heavy atom. The van der Waals surface area contributed by atoms with Gasteiger partial charge in [0.1, 0.15) is 9.84 Å². The fourth-order valence-electron chi connectivity index (χ4n) is 2.11. The third-order valence-electron chi connectivity index (χ3n) is 3.21. The predicted molar refractivity (Wildman–Crippen MR) is 61.0 cm³/mol. The first kappa shape index (κ1) is 15.7. The van der Waals surface area contributed by atoms with Crippen molar-refractivity contribution < 1.29 is 26.7 Å². The summed E-state index contributed by atoms with van der Waals surface area (Å²) in [6, 6.07) is -0.282. The zero-order valence-electron chi connectivity index (χ0n) is 10.1. The minimum absolute atomic E-state index is 0.282. The van der Waals surface area contributed by atoms with Crippen molar-refractivity contribution in [2.24, 2.45) is 0 Å². The molecule has 0 saturated heterocycles. The summed E-state index contributed by atoms with van der Waals surface area (Å²) in [6.45, 7) is -0.593. The van der Waals surface area contributed by atoms with Crippen LogP contribution in [0.15, 0.2) is 0 Å². The topological polar surface area (TPSA) is 66.4 Å². The molecule has 0 radical (unpaired) electrons. The van der Waals surface area contributed by atoms with Crippen LogP contribution in [-0.2, 0) is 9.84 Å². The fourth-order valence-corrected chi connectivity index (χ4v) is 3.29. The summed E-state index contributed by atoms with van der Waals surface area (Å²) in [4.78, 5) is 0. The molecule has 1 rings (SSSR count). The number of nitrogens with one attached hydrogen (secondary N) is 1. The second-order valence-electron chi connectivity index (χ2n) is 4.78. The van der Waals surface area contributed by atoms with Gasteiger partial charge in [0.2, 0.25) is 0 Å². The Bertz CT molecular complexity index is 369. The number of sulfone groups is 1. The van der Waals surface area contributed by atoms with Crippen LogP contribution in [0.1, 0.15) is 25.7 Å². The summed E-state index contributed by atoms with van der Waals surface area (Å²) in [5, 5.41) is 10.9. The lowest BCUT2D eigenvalue weighted by Crippen LogP contribution is -2.45. The first-order chi connectivity index (χ1) is 8.10. The van der Waals surface area contributed by atoms with Crippen molar-refractivity contribution in [3.8, 4) is 0 Å². The van der Waals surface area contributed by atoms with Gasteiger partial charge in [-0.2, -0.15) is 13.2 Å². The molecule has 3 atom stereocenters. The van der Waals surface area contributed by atoms with E-state index in [0.717, 1.165) is 6.26 Å². The van der Waals surface area contributed by atoms with Crippen molar-refractivity contribution in [1.82, 2.24) is 5.32 Å². The average molecular weight is 289 g/mol. The number of halogens is 3. The van der Waals surface area contributed by atoms with E-state index in [9.17, 15) is 21.6 Å². The Hall–Kier alpha value is -0.340. The van der Waals surface area contributed by atoms with Gasteiger partial charge in [0.05, 0.1) is 5.25 Å². The van der Waals surface area contributed by atoms with Crippen molar-refractivity contribution >= 4 is 9.84 Å². The van der Waals surface area contributed by atoms with Gasteiger partial charge in [0.25, 0.3) is 0 Å². The van der Waals surface area contributed by atoms with E-state index < -0.39 is 33.9 Å². The molecular formula is C10H18F3NO3S. The molecular weight excluding hydrogens is 271 g/mol.